The molecule has 0 bridgehead atoms. The molecule has 5 rings (SSSR count). The average Bonchev–Trinajstić information content (AvgIpc) is 3.47. The highest BCUT2D eigenvalue weighted by Crippen LogP contribution is 2.46. The molecule has 0 fully saturated rings. The lowest BCUT2D eigenvalue weighted by Gasteiger charge is -2.29. The Bertz CT molecular complexity index is 1510. The number of hydrogen-bond donors (Lipinski definition) is 2. The Morgan fingerprint density at radius 2 is 1.88 bits per heavy atom. The molecule has 0 atom stereocenters. The minimum absolute atomic E-state index is 0.112. The van der Waals surface area contributed by atoms with Crippen molar-refractivity contribution in [1.82, 2.24) is 15.6 Å². The van der Waals surface area contributed by atoms with Gasteiger partial charge in [0, 0.05) is 15.6 Å². The maximum Gasteiger partial charge on any atom is 0.265 e. The third-order valence-electron chi connectivity index (χ3n) is 5.34. The topological polar surface area (TPSA) is 108 Å². The molecule has 34 heavy (non-hydrogen) atoms. The van der Waals surface area contributed by atoms with Crippen molar-refractivity contribution in [3.05, 3.63) is 75.4 Å². The molecule has 4 aromatic rings. The average molecular weight is 556 g/mol. The van der Waals surface area contributed by atoms with Crippen LogP contribution in [-0.4, -0.2) is 36.8 Å². The van der Waals surface area contributed by atoms with Crippen LogP contribution in [0.25, 0.3) is 22.5 Å². The SMILES string of the molecule is C/C(=N\NC(=O)CN1c2c(-c3ccccc3)n[nH]c2-c2ccccc2S1(=O)=O)c1sccc1Br. The Kier molecular flexibility index (Phi) is 5.84. The highest BCUT2D eigenvalue weighted by molar-refractivity contribution is 9.10. The van der Waals surface area contributed by atoms with Crippen LogP contribution in [0.5, 0.6) is 0 Å². The van der Waals surface area contributed by atoms with Crippen LogP contribution in [0.15, 0.2) is 80.5 Å². The Balaban J connectivity index is 1.54. The van der Waals surface area contributed by atoms with Crippen LogP contribution in [0, 0.1) is 0 Å². The van der Waals surface area contributed by atoms with Gasteiger partial charge < -0.3 is 0 Å². The van der Waals surface area contributed by atoms with Crippen LogP contribution in [0.2, 0.25) is 0 Å². The fourth-order valence-corrected chi connectivity index (χ4v) is 7.03. The highest BCUT2D eigenvalue weighted by Gasteiger charge is 2.39. The van der Waals surface area contributed by atoms with Gasteiger partial charge in [-0.15, -0.1) is 11.3 Å². The molecule has 0 aliphatic carbocycles. The zero-order valence-electron chi connectivity index (χ0n) is 17.8. The molecule has 0 spiro atoms. The molecule has 2 aromatic carbocycles. The van der Waals surface area contributed by atoms with Gasteiger partial charge in [0.15, 0.2) is 0 Å². The Labute approximate surface area is 208 Å². The molecule has 2 N–H and O–H groups in total. The summed E-state index contributed by atoms with van der Waals surface area (Å²) in [6, 6.07) is 17.8. The third-order valence-corrected chi connectivity index (χ3v) is 9.09. The van der Waals surface area contributed by atoms with E-state index in [1.54, 1.807) is 25.1 Å². The number of halogens is 1. The van der Waals surface area contributed by atoms with Gasteiger partial charge in [0.1, 0.15) is 17.9 Å². The van der Waals surface area contributed by atoms with Gasteiger partial charge in [0.25, 0.3) is 15.9 Å². The minimum Gasteiger partial charge on any atom is -0.275 e. The van der Waals surface area contributed by atoms with E-state index in [0.717, 1.165) is 19.2 Å². The van der Waals surface area contributed by atoms with Crippen molar-refractivity contribution in [2.75, 3.05) is 10.8 Å². The summed E-state index contributed by atoms with van der Waals surface area (Å²) >= 11 is 4.93. The summed E-state index contributed by atoms with van der Waals surface area (Å²) in [6.07, 6.45) is 0. The van der Waals surface area contributed by atoms with E-state index in [4.69, 9.17) is 0 Å². The number of hydrogen-bond acceptors (Lipinski definition) is 6. The van der Waals surface area contributed by atoms with Gasteiger partial charge in [-0.05, 0) is 40.4 Å². The van der Waals surface area contributed by atoms with Crippen LogP contribution >= 0.6 is 27.3 Å². The number of benzene rings is 2. The number of H-pyrrole nitrogens is 1. The monoisotopic (exact) mass is 555 g/mol. The number of aromatic nitrogens is 2. The normalized spacial score (nSPS) is 14.4. The Morgan fingerprint density at radius 1 is 1.15 bits per heavy atom. The van der Waals surface area contributed by atoms with Crippen molar-refractivity contribution in [3.63, 3.8) is 0 Å². The van der Waals surface area contributed by atoms with E-state index in [1.807, 2.05) is 41.8 Å². The van der Waals surface area contributed by atoms with Gasteiger partial charge in [0.2, 0.25) is 0 Å². The second-order valence-electron chi connectivity index (χ2n) is 7.50. The fourth-order valence-electron chi connectivity index (χ4n) is 3.78. The first-order valence-electron chi connectivity index (χ1n) is 10.2. The summed E-state index contributed by atoms with van der Waals surface area (Å²) in [6.45, 7) is 1.32. The number of anilines is 1. The van der Waals surface area contributed by atoms with E-state index in [0.29, 0.717) is 28.4 Å². The molecular formula is C23H18BrN5O3S2. The van der Waals surface area contributed by atoms with Crippen LogP contribution in [0.3, 0.4) is 0 Å². The van der Waals surface area contributed by atoms with E-state index >= 15 is 0 Å². The van der Waals surface area contributed by atoms with E-state index in [-0.39, 0.29) is 4.90 Å². The quantitative estimate of drug-likeness (QED) is 0.276. The number of aromatic amines is 1. The lowest BCUT2D eigenvalue weighted by atomic mass is 10.1. The molecule has 0 saturated heterocycles. The predicted molar refractivity (Wildman–Crippen MR) is 136 cm³/mol. The first-order chi connectivity index (χ1) is 16.4. The second-order valence-corrected chi connectivity index (χ2v) is 11.1. The van der Waals surface area contributed by atoms with Gasteiger partial charge in [-0.3, -0.25) is 14.2 Å². The van der Waals surface area contributed by atoms with E-state index < -0.39 is 22.5 Å². The number of hydrazone groups is 1. The number of fused-ring (bicyclic) bond motifs is 3. The smallest absolute Gasteiger partial charge is 0.265 e. The van der Waals surface area contributed by atoms with E-state index in [9.17, 15) is 13.2 Å². The van der Waals surface area contributed by atoms with Crippen molar-refractivity contribution < 1.29 is 13.2 Å². The van der Waals surface area contributed by atoms with Crippen LogP contribution in [0.4, 0.5) is 5.69 Å². The van der Waals surface area contributed by atoms with Crippen molar-refractivity contribution in [3.8, 4) is 22.5 Å². The van der Waals surface area contributed by atoms with Crippen molar-refractivity contribution in [2.24, 2.45) is 5.10 Å². The molecule has 2 aromatic heterocycles. The lowest BCUT2D eigenvalue weighted by molar-refractivity contribution is -0.119. The molecule has 1 amide bonds. The summed E-state index contributed by atoms with van der Waals surface area (Å²) < 4.78 is 29.2. The van der Waals surface area contributed by atoms with E-state index in [2.05, 4.69) is 36.7 Å². The number of thiophene rings is 1. The Morgan fingerprint density at radius 3 is 2.62 bits per heavy atom. The molecule has 0 saturated carbocycles. The number of rotatable bonds is 5. The zero-order chi connectivity index (χ0) is 23.9. The van der Waals surface area contributed by atoms with Crippen molar-refractivity contribution >= 4 is 54.6 Å². The van der Waals surface area contributed by atoms with E-state index in [1.165, 1.54) is 17.4 Å². The standard InChI is InChI=1S/C23H18BrN5O3S2/c1-14(23-17(24)11-12-33-23)25-26-19(30)13-29-22-20(15-7-3-2-4-8-15)27-28-21(22)16-9-5-6-10-18(16)34(29,31)32/h2-12H,13H2,1H3,(H,26,30)(H,27,28)/b25-14+. The maximum atomic E-state index is 13.6. The molecule has 11 heteroatoms. The molecular weight excluding hydrogens is 538 g/mol. The minimum atomic E-state index is -4.02. The summed E-state index contributed by atoms with van der Waals surface area (Å²) in [7, 11) is -4.02. The molecule has 1 aliphatic heterocycles. The van der Waals surface area contributed by atoms with Crippen molar-refractivity contribution in [2.45, 2.75) is 11.8 Å². The maximum absolute atomic E-state index is 13.6. The largest absolute Gasteiger partial charge is 0.275 e. The van der Waals surface area contributed by atoms with Crippen molar-refractivity contribution in [1.29, 1.82) is 0 Å². The van der Waals surface area contributed by atoms with Crippen LogP contribution in [-0.2, 0) is 14.8 Å². The molecule has 172 valence electrons. The molecule has 3 heterocycles. The molecule has 1 aliphatic rings. The number of amides is 1. The zero-order valence-corrected chi connectivity index (χ0v) is 21.0. The van der Waals surface area contributed by atoms with Gasteiger partial charge in [-0.25, -0.2) is 13.8 Å². The number of nitrogens with one attached hydrogen (secondary N) is 2. The van der Waals surface area contributed by atoms with Gasteiger partial charge >= 0.3 is 0 Å². The summed E-state index contributed by atoms with van der Waals surface area (Å²) in [5.74, 6) is -0.568. The second kappa shape index (κ2) is 8.82. The predicted octanol–water partition coefficient (Wildman–Crippen LogP) is 4.62. The Hall–Kier alpha value is -3.28. The number of nitrogens with zero attached hydrogens (tertiary/aromatic N) is 3. The van der Waals surface area contributed by atoms with Gasteiger partial charge in [-0.1, -0.05) is 48.5 Å². The van der Waals surface area contributed by atoms with Gasteiger partial charge in [0.05, 0.1) is 21.2 Å². The molecule has 0 radical (unpaired) electrons. The highest BCUT2D eigenvalue weighted by atomic mass is 79.9. The number of carbonyl (C=O) groups is 1. The first kappa shape index (κ1) is 22.5. The number of carbonyl (C=O) groups excluding carboxylic acids is 1. The summed E-state index contributed by atoms with van der Waals surface area (Å²) in [5, 5.41) is 13.5. The summed E-state index contributed by atoms with van der Waals surface area (Å²) in [5.41, 5.74) is 5.67. The molecule has 0 unspecified atom stereocenters. The van der Waals surface area contributed by atoms with Gasteiger partial charge in [-0.2, -0.15) is 10.2 Å². The summed E-state index contributed by atoms with van der Waals surface area (Å²) in [4.78, 5) is 13.9. The first-order valence-corrected chi connectivity index (χ1v) is 13.3. The lowest BCUT2D eigenvalue weighted by Crippen LogP contribution is -2.41. The van der Waals surface area contributed by atoms with Crippen LogP contribution < -0.4 is 9.73 Å². The van der Waals surface area contributed by atoms with Crippen LogP contribution in [0.1, 0.15) is 11.8 Å². The molecule has 8 nitrogen and oxygen atoms in total. The number of sulfonamides is 1. The fraction of sp³-hybridized carbons (Fsp3) is 0.0870. The third kappa shape index (κ3) is 3.85.